The fourth-order valence-corrected chi connectivity index (χ4v) is 2.30. The Balaban J connectivity index is 2.31. The van der Waals surface area contributed by atoms with Gasteiger partial charge in [0.25, 0.3) is 0 Å². The summed E-state index contributed by atoms with van der Waals surface area (Å²) in [5.41, 5.74) is 2.31. The third-order valence-corrected chi connectivity index (χ3v) is 3.27. The van der Waals surface area contributed by atoms with E-state index in [0.29, 0.717) is 0 Å². The second kappa shape index (κ2) is 5.33. The van der Waals surface area contributed by atoms with Crippen LogP contribution in [0.25, 0.3) is 0 Å². The van der Waals surface area contributed by atoms with Gasteiger partial charge in [-0.2, -0.15) is 0 Å². The summed E-state index contributed by atoms with van der Waals surface area (Å²) in [4.78, 5) is 22.2. The Bertz CT molecular complexity index is 446. The highest BCUT2D eigenvalue weighted by atomic mass is 16.5. The molecular formula is C13H19N3O2. The zero-order valence-electron chi connectivity index (χ0n) is 11.1. The van der Waals surface area contributed by atoms with E-state index in [4.69, 9.17) is 4.74 Å². The van der Waals surface area contributed by atoms with Gasteiger partial charge < -0.3 is 9.64 Å². The van der Waals surface area contributed by atoms with E-state index in [0.717, 1.165) is 30.8 Å². The molecule has 5 nitrogen and oxygen atoms in total. The number of carbonyl (C=O) groups excluding carboxylic acids is 1. The van der Waals surface area contributed by atoms with E-state index in [9.17, 15) is 4.79 Å². The molecule has 0 aromatic carbocycles. The smallest absolute Gasteiger partial charge is 0.325 e. The topological polar surface area (TPSA) is 55.3 Å². The Morgan fingerprint density at radius 2 is 2.22 bits per heavy atom. The molecule has 0 N–H and O–H groups in total. The number of esters is 1. The van der Waals surface area contributed by atoms with Gasteiger partial charge in [-0.25, -0.2) is 9.97 Å². The largest absolute Gasteiger partial charge is 0.468 e. The van der Waals surface area contributed by atoms with Gasteiger partial charge in [-0.05, 0) is 33.1 Å². The molecule has 0 saturated heterocycles. The molecule has 0 saturated carbocycles. The number of aryl methyl sites for hydroxylation is 1. The summed E-state index contributed by atoms with van der Waals surface area (Å²) in [5, 5.41) is 0. The number of carbonyl (C=O) groups is 1. The predicted molar refractivity (Wildman–Crippen MR) is 68.6 cm³/mol. The summed E-state index contributed by atoms with van der Waals surface area (Å²) in [6.07, 6.45) is 4.71. The molecule has 0 atom stereocenters. The lowest BCUT2D eigenvalue weighted by Gasteiger charge is -2.28. The van der Waals surface area contributed by atoms with Crippen LogP contribution in [0.4, 0.5) is 5.82 Å². The monoisotopic (exact) mass is 249 g/mol. The summed E-state index contributed by atoms with van der Waals surface area (Å²) >= 11 is 0. The Labute approximate surface area is 107 Å². The van der Waals surface area contributed by atoms with Crippen LogP contribution in [0.15, 0.2) is 6.33 Å². The van der Waals surface area contributed by atoms with E-state index in [1.54, 1.807) is 6.33 Å². The number of ether oxygens (including phenoxy) is 1. The first-order valence-corrected chi connectivity index (χ1v) is 6.29. The molecule has 1 aromatic heterocycles. The SMILES string of the molecule is COC(=O)CN(c1ncnc2c1CCC2)C(C)C. The molecular weight excluding hydrogens is 230 g/mol. The zero-order chi connectivity index (χ0) is 13.1. The highest BCUT2D eigenvalue weighted by molar-refractivity contribution is 5.76. The lowest BCUT2D eigenvalue weighted by molar-refractivity contribution is -0.139. The molecule has 0 fully saturated rings. The van der Waals surface area contributed by atoms with Crippen LogP contribution >= 0.6 is 0 Å². The van der Waals surface area contributed by atoms with Gasteiger partial charge in [0.1, 0.15) is 18.7 Å². The molecule has 1 heterocycles. The Morgan fingerprint density at radius 1 is 1.44 bits per heavy atom. The normalized spacial score (nSPS) is 13.6. The lowest BCUT2D eigenvalue weighted by atomic mass is 10.2. The number of hydrogen-bond acceptors (Lipinski definition) is 5. The number of aromatic nitrogens is 2. The van der Waals surface area contributed by atoms with Gasteiger partial charge in [0.15, 0.2) is 0 Å². The molecule has 18 heavy (non-hydrogen) atoms. The van der Waals surface area contributed by atoms with Gasteiger partial charge in [0.05, 0.1) is 7.11 Å². The van der Waals surface area contributed by atoms with Crippen LogP contribution in [-0.4, -0.2) is 35.6 Å². The zero-order valence-corrected chi connectivity index (χ0v) is 11.1. The minimum Gasteiger partial charge on any atom is -0.468 e. The Morgan fingerprint density at radius 3 is 2.89 bits per heavy atom. The van der Waals surface area contributed by atoms with E-state index in [-0.39, 0.29) is 18.6 Å². The predicted octanol–water partition coefficient (Wildman–Crippen LogP) is 1.35. The highest BCUT2D eigenvalue weighted by Gasteiger charge is 2.24. The molecule has 0 radical (unpaired) electrons. The van der Waals surface area contributed by atoms with Crippen molar-refractivity contribution in [2.75, 3.05) is 18.6 Å². The van der Waals surface area contributed by atoms with Crippen molar-refractivity contribution in [3.63, 3.8) is 0 Å². The van der Waals surface area contributed by atoms with Crippen LogP contribution in [0.2, 0.25) is 0 Å². The van der Waals surface area contributed by atoms with Gasteiger partial charge in [-0.3, -0.25) is 4.79 Å². The number of nitrogens with zero attached hydrogens (tertiary/aromatic N) is 3. The van der Waals surface area contributed by atoms with Crippen LogP contribution in [0, 0.1) is 0 Å². The number of methoxy groups -OCH3 is 1. The molecule has 2 rings (SSSR count). The fourth-order valence-electron chi connectivity index (χ4n) is 2.30. The van der Waals surface area contributed by atoms with E-state index >= 15 is 0 Å². The van der Waals surface area contributed by atoms with Crippen molar-refractivity contribution in [3.8, 4) is 0 Å². The van der Waals surface area contributed by atoms with Crippen molar-refractivity contribution < 1.29 is 9.53 Å². The summed E-state index contributed by atoms with van der Waals surface area (Å²) in [6, 6.07) is 0.198. The molecule has 0 amide bonds. The maximum Gasteiger partial charge on any atom is 0.325 e. The van der Waals surface area contributed by atoms with Crippen LogP contribution in [0.5, 0.6) is 0 Å². The first-order chi connectivity index (χ1) is 8.63. The van der Waals surface area contributed by atoms with E-state index < -0.39 is 0 Å². The maximum absolute atomic E-state index is 11.5. The van der Waals surface area contributed by atoms with Crippen molar-refractivity contribution in [2.45, 2.75) is 39.2 Å². The van der Waals surface area contributed by atoms with Crippen LogP contribution in [0.3, 0.4) is 0 Å². The number of hydrogen-bond donors (Lipinski definition) is 0. The third kappa shape index (κ3) is 2.44. The molecule has 1 aliphatic rings. The molecule has 1 aliphatic carbocycles. The lowest BCUT2D eigenvalue weighted by Crippen LogP contribution is -2.37. The molecule has 0 aliphatic heterocycles. The molecule has 5 heteroatoms. The van der Waals surface area contributed by atoms with Crippen molar-refractivity contribution in [3.05, 3.63) is 17.6 Å². The van der Waals surface area contributed by atoms with Gasteiger partial charge in [-0.1, -0.05) is 0 Å². The fraction of sp³-hybridized carbons (Fsp3) is 0.615. The average Bonchev–Trinajstić information content (AvgIpc) is 2.83. The first kappa shape index (κ1) is 12.8. The number of anilines is 1. The van der Waals surface area contributed by atoms with Crippen LogP contribution in [0.1, 0.15) is 31.5 Å². The number of rotatable bonds is 4. The average molecular weight is 249 g/mol. The molecule has 0 bridgehead atoms. The minimum absolute atomic E-state index is 0.198. The van der Waals surface area contributed by atoms with E-state index in [1.165, 1.54) is 12.7 Å². The third-order valence-electron chi connectivity index (χ3n) is 3.27. The van der Waals surface area contributed by atoms with E-state index in [2.05, 4.69) is 9.97 Å². The van der Waals surface area contributed by atoms with Crippen molar-refractivity contribution in [2.24, 2.45) is 0 Å². The summed E-state index contributed by atoms with van der Waals surface area (Å²) in [7, 11) is 1.41. The second-order valence-corrected chi connectivity index (χ2v) is 4.77. The van der Waals surface area contributed by atoms with Gasteiger partial charge in [0, 0.05) is 17.3 Å². The molecule has 0 unspecified atom stereocenters. The summed E-state index contributed by atoms with van der Waals surface area (Å²) in [5.74, 6) is 0.645. The molecule has 0 spiro atoms. The second-order valence-electron chi connectivity index (χ2n) is 4.77. The molecule has 1 aromatic rings. The first-order valence-electron chi connectivity index (χ1n) is 6.29. The van der Waals surface area contributed by atoms with Gasteiger partial charge in [0.2, 0.25) is 0 Å². The van der Waals surface area contributed by atoms with Crippen LogP contribution in [-0.2, 0) is 22.4 Å². The minimum atomic E-state index is -0.242. The van der Waals surface area contributed by atoms with Crippen molar-refractivity contribution in [1.29, 1.82) is 0 Å². The van der Waals surface area contributed by atoms with Gasteiger partial charge in [-0.15, -0.1) is 0 Å². The van der Waals surface area contributed by atoms with Gasteiger partial charge >= 0.3 is 5.97 Å². The summed E-state index contributed by atoms with van der Waals surface area (Å²) < 4.78 is 4.75. The van der Waals surface area contributed by atoms with Crippen molar-refractivity contribution in [1.82, 2.24) is 9.97 Å². The maximum atomic E-state index is 11.5. The highest BCUT2D eigenvalue weighted by Crippen LogP contribution is 2.28. The van der Waals surface area contributed by atoms with Crippen LogP contribution < -0.4 is 4.90 Å². The Hall–Kier alpha value is -1.65. The standard InChI is InChI=1S/C13H19N3O2/c1-9(2)16(7-12(17)18-3)13-10-5-4-6-11(10)14-8-15-13/h8-9H,4-7H2,1-3H3. The number of fused-ring (bicyclic) bond motifs is 1. The van der Waals surface area contributed by atoms with E-state index in [1.807, 2.05) is 18.7 Å². The quantitative estimate of drug-likeness (QED) is 0.754. The summed E-state index contributed by atoms with van der Waals surface area (Å²) in [6.45, 7) is 4.33. The Kier molecular flexibility index (Phi) is 3.79. The molecule has 98 valence electrons. The van der Waals surface area contributed by atoms with Crippen molar-refractivity contribution >= 4 is 11.8 Å².